The number of likely N-dealkylation sites (tertiary alicyclic amines) is 1. The van der Waals surface area contributed by atoms with Crippen molar-refractivity contribution in [2.75, 3.05) is 26.2 Å². The lowest BCUT2D eigenvalue weighted by Crippen LogP contribution is -2.31. The predicted octanol–water partition coefficient (Wildman–Crippen LogP) is 2.49. The van der Waals surface area contributed by atoms with E-state index in [1.165, 1.54) is 0 Å². The molecule has 1 saturated heterocycles. The van der Waals surface area contributed by atoms with Crippen LogP contribution in [0, 0.1) is 11.8 Å². The van der Waals surface area contributed by atoms with Gasteiger partial charge < -0.3 is 15.4 Å². The molecule has 1 atom stereocenters. The van der Waals surface area contributed by atoms with Gasteiger partial charge in [0, 0.05) is 13.1 Å². The van der Waals surface area contributed by atoms with Crippen LogP contribution in [-0.4, -0.2) is 37.0 Å². The first-order chi connectivity index (χ1) is 10.1. The summed E-state index contributed by atoms with van der Waals surface area (Å²) in [5.41, 5.74) is 6.70. The van der Waals surface area contributed by atoms with Crippen molar-refractivity contribution >= 4 is 18.3 Å². The van der Waals surface area contributed by atoms with E-state index in [1.807, 2.05) is 29.2 Å². The van der Waals surface area contributed by atoms with Gasteiger partial charge in [-0.05, 0) is 42.5 Å². The van der Waals surface area contributed by atoms with Crippen molar-refractivity contribution in [2.45, 2.75) is 26.7 Å². The highest BCUT2D eigenvalue weighted by molar-refractivity contribution is 5.85. The SMILES string of the molecule is CC(C)COc1ccc(CC(=O)N2CCC(CN)C2)cc1.Cl. The summed E-state index contributed by atoms with van der Waals surface area (Å²) >= 11 is 0. The third-order valence-electron chi connectivity index (χ3n) is 3.83. The van der Waals surface area contributed by atoms with Crippen LogP contribution in [0.3, 0.4) is 0 Å². The molecule has 5 heteroatoms. The Labute approximate surface area is 139 Å². The standard InChI is InChI=1S/C17H26N2O2.ClH/c1-13(2)12-21-16-5-3-14(4-6-16)9-17(20)19-8-7-15(10-18)11-19;/h3-6,13,15H,7-12,18H2,1-2H3;1H. The van der Waals surface area contributed by atoms with Crippen molar-refractivity contribution in [1.82, 2.24) is 4.90 Å². The van der Waals surface area contributed by atoms with E-state index in [2.05, 4.69) is 13.8 Å². The molecule has 1 heterocycles. The molecule has 0 spiro atoms. The number of nitrogens with zero attached hydrogens (tertiary/aromatic N) is 1. The minimum atomic E-state index is 0. The van der Waals surface area contributed by atoms with Crippen LogP contribution >= 0.6 is 12.4 Å². The number of carbonyl (C=O) groups excluding carboxylic acids is 1. The summed E-state index contributed by atoms with van der Waals surface area (Å²) in [6.07, 6.45) is 1.49. The quantitative estimate of drug-likeness (QED) is 0.873. The number of rotatable bonds is 6. The molecule has 0 saturated carbocycles. The van der Waals surface area contributed by atoms with E-state index in [4.69, 9.17) is 10.5 Å². The molecule has 124 valence electrons. The van der Waals surface area contributed by atoms with Crippen molar-refractivity contribution in [3.05, 3.63) is 29.8 Å². The fourth-order valence-electron chi connectivity index (χ4n) is 2.50. The zero-order valence-electron chi connectivity index (χ0n) is 13.5. The van der Waals surface area contributed by atoms with Crippen LogP contribution in [-0.2, 0) is 11.2 Å². The number of benzene rings is 1. The Bertz CT molecular complexity index is 462. The monoisotopic (exact) mass is 326 g/mol. The molecule has 2 rings (SSSR count). The van der Waals surface area contributed by atoms with E-state index in [9.17, 15) is 4.79 Å². The van der Waals surface area contributed by atoms with Gasteiger partial charge in [0.2, 0.25) is 5.91 Å². The third-order valence-corrected chi connectivity index (χ3v) is 3.83. The van der Waals surface area contributed by atoms with Crippen LogP contribution in [0.5, 0.6) is 5.75 Å². The van der Waals surface area contributed by atoms with E-state index < -0.39 is 0 Å². The number of hydrogen-bond donors (Lipinski definition) is 1. The van der Waals surface area contributed by atoms with Gasteiger partial charge in [-0.3, -0.25) is 4.79 Å². The van der Waals surface area contributed by atoms with Gasteiger partial charge in [-0.2, -0.15) is 0 Å². The normalized spacial score (nSPS) is 17.5. The van der Waals surface area contributed by atoms with Crippen LogP contribution in [0.4, 0.5) is 0 Å². The molecule has 1 fully saturated rings. The number of hydrogen-bond acceptors (Lipinski definition) is 3. The molecular formula is C17H27ClN2O2. The second kappa shape index (κ2) is 9.01. The maximum atomic E-state index is 12.2. The van der Waals surface area contributed by atoms with Crippen molar-refractivity contribution in [1.29, 1.82) is 0 Å². The smallest absolute Gasteiger partial charge is 0.226 e. The molecule has 0 bridgehead atoms. The highest BCUT2D eigenvalue weighted by Gasteiger charge is 2.24. The largest absolute Gasteiger partial charge is 0.493 e. The van der Waals surface area contributed by atoms with Gasteiger partial charge in [0.1, 0.15) is 5.75 Å². The molecule has 1 aliphatic heterocycles. The summed E-state index contributed by atoms with van der Waals surface area (Å²) in [5, 5.41) is 0. The predicted molar refractivity (Wildman–Crippen MR) is 91.5 cm³/mol. The molecule has 0 radical (unpaired) electrons. The Balaban J connectivity index is 0.00000242. The van der Waals surface area contributed by atoms with E-state index >= 15 is 0 Å². The van der Waals surface area contributed by atoms with Gasteiger partial charge in [0.25, 0.3) is 0 Å². The molecular weight excluding hydrogens is 300 g/mol. The topological polar surface area (TPSA) is 55.6 Å². The van der Waals surface area contributed by atoms with E-state index in [0.717, 1.165) is 30.8 Å². The maximum Gasteiger partial charge on any atom is 0.226 e. The Morgan fingerprint density at radius 3 is 2.59 bits per heavy atom. The third kappa shape index (κ3) is 5.50. The number of amides is 1. The van der Waals surface area contributed by atoms with Crippen LogP contribution in [0.1, 0.15) is 25.8 Å². The summed E-state index contributed by atoms with van der Waals surface area (Å²) in [7, 11) is 0. The average molecular weight is 327 g/mol. The fraction of sp³-hybridized carbons (Fsp3) is 0.588. The first-order valence-electron chi connectivity index (χ1n) is 7.78. The lowest BCUT2D eigenvalue weighted by Gasteiger charge is -2.16. The Morgan fingerprint density at radius 2 is 2.05 bits per heavy atom. The van der Waals surface area contributed by atoms with Crippen molar-refractivity contribution in [3.8, 4) is 5.75 Å². The minimum Gasteiger partial charge on any atom is -0.493 e. The first-order valence-corrected chi connectivity index (χ1v) is 7.78. The molecule has 4 nitrogen and oxygen atoms in total. The fourth-order valence-corrected chi connectivity index (χ4v) is 2.50. The number of ether oxygens (including phenoxy) is 1. The molecule has 1 aromatic rings. The summed E-state index contributed by atoms with van der Waals surface area (Å²) < 4.78 is 5.65. The molecule has 0 aromatic heterocycles. The van der Waals surface area contributed by atoms with Crippen LogP contribution in [0.25, 0.3) is 0 Å². The summed E-state index contributed by atoms with van der Waals surface area (Å²) in [6.45, 7) is 7.29. The zero-order valence-corrected chi connectivity index (χ0v) is 14.3. The van der Waals surface area contributed by atoms with Crippen LogP contribution in [0.2, 0.25) is 0 Å². The van der Waals surface area contributed by atoms with Crippen LogP contribution in [0.15, 0.2) is 24.3 Å². The number of nitrogens with two attached hydrogens (primary N) is 1. The first kappa shape index (κ1) is 18.8. The Morgan fingerprint density at radius 1 is 1.36 bits per heavy atom. The highest BCUT2D eigenvalue weighted by Crippen LogP contribution is 2.18. The minimum absolute atomic E-state index is 0. The lowest BCUT2D eigenvalue weighted by atomic mass is 10.1. The van der Waals surface area contributed by atoms with Crippen molar-refractivity contribution < 1.29 is 9.53 Å². The molecule has 22 heavy (non-hydrogen) atoms. The van der Waals surface area contributed by atoms with E-state index in [1.54, 1.807) is 0 Å². The van der Waals surface area contributed by atoms with Crippen LogP contribution < -0.4 is 10.5 Å². The summed E-state index contributed by atoms with van der Waals surface area (Å²) in [5.74, 6) is 2.05. The molecule has 1 unspecified atom stereocenters. The van der Waals surface area contributed by atoms with Gasteiger partial charge in [-0.25, -0.2) is 0 Å². The Kier molecular flexibility index (Phi) is 7.69. The summed E-state index contributed by atoms with van der Waals surface area (Å²) in [6, 6.07) is 7.84. The van der Waals surface area contributed by atoms with Gasteiger partial charge in [0.15, 0.2) is 0 Å². The van der Waals surface area contributed by atoms with Gasteiger partial charge in [-0.15, -0.1) is 12.4 Å². The second-order valence-electron chi connectivity index (χ2n) is 6.26. The summed E-state index contributed by atoms with van der Waals surface area (Å²) in [4.78, 5) is 14.2. The maximum absolute atomic E-state index is 12.2. The number of halogens is 1. The highest BCUT2D eigenvalue weighted by atomic mass is 35.5. The molecule has 0 aliphatic carbocycles. The molecule has 1 aromatic carbocycles. The number of carbonyl (C=O) groups is 1. The molecule has 1 amide bonds. The van der Waals surface area contributed by atoms with Gasteiger partial charge >= 0.3 is 0 Å². The van der Waals surface area contributed by atoms with Gasteiger partial charge in [-0.1, -0.05) is 26.0 Å². The zero-order chi connectivity index (χ0) is 15.2. The van der Waals surface area contributed by atoms with Gasteiger partial charge in [0.05, 0.1) is 13.0 Å². The second-order valence-corrected chi connectivity index (χ2v) is 6.26. The lowest BCUT2D eigenvalue weighted by molar-refractivity contribution is -0.129. The van der Waals surface area contributed by atoms with Crippen molar-refractivity contribution in [3.63, 3.8) is 0 Å². The average Bonchev–Trinajstić information content (AvgIpc) is 2.95. The Hall–Kier alpha value is -1.26. The molecule has 2 N–H and O–H groups in total. The van der Waals surface area contributed by atoms with Crippen molar-refractivity contribution in [2.24, 2.45) is 17.6 Å². The van der Waals surface area contributed by atoms with E-state index in [0.29, 0.717) is 31.4 Å². The molecule has 1 aliphatic rings. The van der Waals surface area contributed by atoms with E-state index in [-0.39, 0.29) is 18.3 Å².